The second-order valence-electron chi connectivity index (χ2n) is 4.31. The molecule has 0 aromatic heterocycles. The Bertz CT molecular complexity index is 391. The van der Waals surface area contributed by atoms with Gasteiger partial charge in [0.2, 0.25) is 0 Å². The fraction of sp³-hybridized carbons (Fsp3) is 0.571. The Hall–Kier alpha value is -1.23. The molecule has 0 amide bonds. The quantitative estimate of drug-likeness (QED) is 0.760. The van der Waals surface area contributed by atoms with Crippen LogP contribution in [0.15, 0.2) is 18.2 Å². The highest BCUT2D eigenvalue weighted by molar-refractivity contribution is 5.39. The van der Waals surface area contributed by atoms with Gasteiger partial charge in [0.05, 0.1) is 12.2 Å². The molecule has 0 bridgehead atoms. The van der Waals surface area contributed by atoms with Crippen molar-refractivity contribution >= 4 is 0 Å². The third-order valence-corrected chi connectivity index (χ3v) is 2.68. The van der Waals surface area contributed by atoms with Crippen LogP contribution in [0.2, 0.25) is 0 Å². The lowest BCUT2D eigenvalue weighted by Crippen LogP contribution is -2.14. The Labute approximate surface area is 112 Å². The first kappa shape index (κ1) is 15.8. The van der Waals surface area contributed by atoms with Crippen molar-refractivity contribution in [3.63, 3.8) is 0 Å². The number of benzene rings is 1. The molecule has 0 heterocycles. The number of nitrogens with one attached hydrogen (secondary N) is 1. The summed E-state index contributed by atoms with van der Waals surface area (Å²) >= 11 is 0. The number of halogens is 3. The van der Waals surface area contributed by atoms with Crippen LogP contribution in [0.3, 0.4) is 0 Å². The molecule has 0 radical (unpaired) electrons. The van der Waals surface area contributed by atoms with Crippen LogP contribution in [0, 0.1) is 0 Å². The molecular weight excluding hydrogens is 255 g/mol. The molecule has 0 saturated carbocycles. The van der Waals surface area contributed by atoms with Gasteiger partial charge < -0.3 is 10.1 Å². The second kappa shape index (κ2) is 7.38. The van der Waals surface area contributed by atoms with Crippen LogP contribution >= 0.6 is 0 Å². The summed E-state index contributed by atoms with van der Waals surface area (Å²) < 4.78 is 44.1. The summed E-state index contributed by atoms with van der Waals surface area (Å²) in [6.45, 7) is 5.33. The molecule has 0 saturated heterocycles. The smallest absolute Gasteiger partial charge is 0.419 e. The van der Waals surface area contributed by atoms with E-state index in [0.29, 0.717) is 18.7 Å². The molecule has 5 heteroatoms. The van der Waals surface area contributed by atoms with Gasteiger partial charge in [-0.1, -0.05) is 26.3 Å². The molecule has 0 aliphatic rings. The SMILES string of the molecule is CCCCOc1ccc(CNCC)cc1C(F)(F)F. The molecule has 0 aliphatic heterocycles. The highest BCUT2D eigenvalue weighted by Crippen LogP contribution is 2.36. The van der Waals surface area contributed by atoms with Crippen molar-refractivity contribution in [1.82, 2.24) is 5.32 Å². The van der Waals surface area contributed by atoms with E-state index in [1.807, 2.05) is 13.8 Å². The van der Waals surface area contributed by atoms with Crippen LogP contribution in [-0.2, 0) is 12.7 Å². The number of hydrogen-bond donors (Lipinski definition) is 1. The van der Waals surface area contributed by atoms with E-state index < -0.39 is 11.7 Å². The Kier molecular flexibility index (Phi) is 6.15. The molecule has 1 N–H and O–H groups in total. The lowest BCUT2D eigenvalue weighted by atomic mass is 10.1. The summed E-state index contributed by atoms with van der Waals surface area (Å²) in [5.41, 5.74) is -0.0870. The van der Waals surface area contributed by atoms with Gasteiger partial charge in [-0.05, 0) is 30.7 Å². The summed E-state index contributed by atoms with van der Waals surface area (Å²) in [7, 11) is 0. The first-order valence-electron chi connectivity index (χ1n) is 6.52. The van der Waals surface area contributed by atoms with E-state index in [4.69, 9.17) is 4.74 Å². The Morgan fingerprint density at radius 2 is 1.95 bits per heavy atom. The van der Waals surface area contributed by atoms with Gasteiger partial charge in [0, 0.05) is 6.54 Å². The second-order valence-corrected chi connectivity index (χ2v) is 4.31. The minimum absolute atomic E-state index is 0.0822. The van der Waals surface area contributed by atoms with Crippen LogP contribution in [0.5, 0.6) is 5.75 Å². The molecule has 0 spiro atoms. The summed E-state index contributed by atoms with van der Waals surface area (Å²) in [4.78, 5) is 0. The fourth-order valence-electron chi connectivity index (χ4n) is 1.63. The zero-order valence-corrected chi connectivity index (χ0v) is 11.3. The summed E-state index contributed by atoms with van der Waals surface area (Å²) in [5.74, 6) is -0.0822. The molecule has 1 aromatic carbocycles. The maximum Gasteiger partial charge on any atom is 0.419 e. The van der Waals surface area contributed by atoms with Gasteiger partial charge in [0.25, 0.3) is 0 Å². The van der Waals surface area contributed by atoms with Crippen molar-refractivity contribution in [3.05, 3.63) is 29.3 Å². The number of alkyl halides is 3. The van der Waals surface area contributed by atoms with E-state index in [2.05, 4.69) is 5.32 Å². The van der Waals surface area contributed by atoms with E-state index in [9.17, 15) is 13.2 Å². The van der Waals surface area contributed by atoms with E-state index in [1.165, 1.54) is 6.07 Å². The number of ether oxygens (including phenoxy) is 1. The molecule has 0 fully saturated rings. The summed E-state index contributed by atoms with van der Waals surface area (Å²) in [6, 6.07) is 4.23. The van der Waals surface area contributed by atoms with Gasteiger partial charge in [-0.15, -0.1) is 0 Å². The highest BCUT2D eigenvalue weighted by atomic mass is 19.4. The van der Waals surface area contributed by atoms with Gasteiger partial charge in [-0.2, -0.15) is 13.2 Å². The molecule has 2 nitrogen and oxygen atoms in total. The van der Waals surface area contributed by atoms with Crippen molar-refractivity contribution in [1.29, 1.82) is 0 Å². The molecule has 1 aromatic rings. The molecule has 19 heavy (non-hydrogen) atoms. The standard InChI is InChI=1S/C14H20F3NO/c1-3-5-8-19-13-7-6-11(10-18-4-2)9-12(13)14(15,16)17/h6-7,9,18H,3-5,8,10H2,1-2H3. The predicted octanol–water partition coefficient (Wildman–Crippen LogP) is 3.99. The van der Waals surface area contributed by atoms with Gasteiger partial charge in [0.1, 0.15) is 5.75 Å². The molecule has 0 unspecified atom stereocenters. The van der Waals surface area contributed by atoms with Crippen molar-refractivity contribution in [2.45, 2.75) is 39.4 Å². The summed E-state index contributed by atoms with van der Waals surface area (Å²) in [6.07, 6.45) is -2.75. The zero-order valence-electron chi connectivity index (χ0n) is 11.3. The Morgan fingerprint density at radius 1 is 1.21 bits per heavy atom. The number of hydrogen-bond acceptors (Lipinski definition) is 2. The highest BCUT2D eigenvalue weighted by Gasteiger charge is 2.34. The van der Waals surface area contributed by atoms with Crippen LogP contribution in [0.4, 0.5) is 13.2 Å². The lowest BCUT2D eigenvalue weighted by molar-refractivity contribution is -0.139. The average molecular weight is 275 g/mol. The third-order valence-electron chi connectivity index (χ3n) is 2.68. The number of rotatable bonds is 7. The predicted molar refractivity (Wildman–Crippen MR) is 69.2 cm³/mol. The van der Waals surface area contributed by atoms with E-state index in [0.717, 1.165) is 25.5 Å². The maximum atomic E-state index is 13.0. The minimum Gasteiger partial charge on any atom is -0.493 e. The first-order chi connectivity index (χ1) is 8.99. The van der Waals surface area contributed by atoms with Gasteiger partial charge in [-0.3, -0.25) is 0 Å². The Morgan fingerprint density at radius 3 is 2.53 bits per heavy atom. The fourth-order valence-corrected chi connectivity index (χ4v) is 1.63. The van der Waals surface area contributed by atoms with E-state index >= 15 is 0 Å². The van der Waals surface area contributed by atoms with Crippen molar-refractivity contribution in [3.8, 4) is 5.75 Å². The monoisotopic (exact) mass is 275 g/mol. The van der Waals surface area contributed by atoms with Gasteiger partial charge in [-0.25, -0.2) is 0 Å². The molecule has 0 aliphatic carbocycles. The van der Waals surface area contributed by atoms with E-state index in [-0.39, 0.29) is 5.75 Å². The van der Waals surface area contributed by atoms with Crippen LogP contribution in [0.1, 0.15) is 37.8 Å². The van der Waals surface area contributed by atoms with Gasteiger partial charge in [0.15, 0.2) is 0 Å². The van der Waals surface area contributed by atoms with Crippen molar-refractivity contribution < 1.29 is 17.9 Å². The van der Waals surface area contributed by atoms with Crippen LogP contribution in [-0.4, -0.2) is 13.2 Å². The number of unbranched alkanes of at least 4 members (excludes halogenated alkanes) is 1. The minimum atomic E-state index is -4.39. The zero-order chi connectivity index (χ0) is 14.3. The van der Waals surface area contributed by atoms with E-state index in [1.54, 1.807) is 6.07 Å². The van der Waals surface area contributed by atoms with Crippen LogP contribution < -0.4 is 10.1 Å². The molecule has 0 atom stereocenters. The average Bonchev–Trinajstić information content (AvgIpc) is 2.36. The topological polar surface area (TPSA) is 21.3 Å². The largest absolute Gasteiger partial charge is 0.493 e. The van der Waals surface area contributed by atoms with Crippen molar-refractivity contribution in [2.24, 2.45) is 0 Å². The third kappa shape index (κ3) is 5.11. The molecule has 1 rings (SSSR count). The van der Waals surface area contributed by atoms with Crippen molar-refractivity contribution in [2.75, 3.05) is 13.2 Å². The lowest BCUT2D eigenvalue weighted by Gasteiger charge is -2.15. The maximum absolute atomic E-state index is 13.0. The molecule has 108 valence electrons. The molecular formula is C14H20F3NO. The summed E-state index contributed by atoms with van der Waals surface area (Å²) in [5, 5.41) is 3.01. The normalized spacial score (nSPS) is 11.6. The Balaban J connectivity index is 2.90. The first-order valence-corrected chi connectivity index (χ1v) is 6.52. The van der Waals surface area contributed by atoms with Gasteiger partial charge >= 0.3 is 6.18 Å². The van der Waals surface area contributed by atoms with Crippen LogP contribution in [0.25, 0.3) is 0 Å².